The summed E-state index contributed by atoms with van der Waals surface area (Å²) in [6, 6.07) is 0.135. The molecule has 1 atom stereocenters. The van der Waals surface area contributed by atoms with Gasteiger partial charge in [-0.15, -0.1) is 11.3 Å². The van der Waals surface area contributed by atoms with Crippen LogP contribution in [0.4, 0.5) is 0 Å². The Kier molecular flexibility index (Phi) is 5.30. The Bertz CT molecular complexity index is 414. The average Bonchev–Trinajstić information content (AvgIpc) is 2.86. The molecule has 19 heavy (non-hydrogen) atoms. The fourth-order valence-electron chi connectivity index (χ4n) is 1.89. The first-order chi connectivity index (χ1) is 9.15. The van der Waals surface area contributed by atoms with Crippen molar-refractivity contribution < 1.29 is 9.53 Å². The summed E-state index contributed by atoms with van der Waals surface area (Å²) in [6.07, 6.45) is 0.461. The third kappa shape index (κ3) is 4.56. The molecule has 0 bridgehead atoms. The van der Waals surface area contributed by atoms with Gasteiger partial charge in [-0.2, -0.15) is 0 Å². The lowest BCUT2D eigenvalue weighted by Gasteiger charge is -2.23. The van der Waals surface area contributed by atoms with Crippen LogP contribution in [0.15, 0.2) is 5.38 Å². The van der Waals surface area contributed by atoms with Gasteiger partial charge < -0.3 is 15.4 Å². The Labute approximate surface area is 117 Å². The lowest BCUT2D eigenvalue weighted by molar-refractivity contribution is -0.122. The van der Waals surface area contributed by atoms with Crippen molar-refractivity contribution >= 4 is 17.2 Å². The van der Waals surface area contributed by atoms with E-state index in [0.29, 0.717) is 25.5 Å². The van der Waals surface area contributed by atoms with E-state index in [1.165, 1.54) is 0 Å². The maximum Gasteiger partial charge on any atom is 0.222 e. The Hall–Kier alpha value is -0.980. The Morgan fingerprint density at radius 2 is 2.53 bits per heavy atom. The van der Waals surface area contributed by atoms with Gasteiger partial charge in [0.15, 0.2) is 0 Å². The van der Waals surface area contributed by atoms with Gasteiger partial charge in [0.1, 0.15) is 5.01 Å². The Balaban J connectivity index is 1.73. The van der Waals surface area contributed by atoms with Crippen LogP contribution in [0, 0.1) is 0 Å². The minimum atomic E-state index is 0.0456. The Morgan fingerprint density at radius 1 is 1.68 bits per heavy atom. The Morgan fingerprint density at radius 3 is 3.16 bits per heavy atom. The normalized spacial score (nSPS) is 19.6. The van der Waals surface area contributed by atoms with E-state index in [1.54, 1.807) is 11.3 Å². The fraction of sp³-hybridized carbons (Fsp3) is 0.692. The van der Waals surface area contributed by atoms with Crippen LogP contribution in [0.3, 0.4) is 0 Å². The summed E-state index contributed by atoms with van der Waals surface area (Å²) >= 11 is 1.60. The zero-order valence-electron chi connectivity index (χ0n) is 11.4. The second-order valence-electron chi connectivity index (χ2n) is 5.03. The number of rotatable bonds is 5. The van der Waals surface area contributed by atoms with E-state index in [9.17, 15) is 4.79 Å². The minimum absolute atomic E-state index is 0.0456. The molecule has 0 aromatic carbocycles. The molecule has 2 rings (SSSR count). The molecule has 1 aromatic heterocycles. The number of thiazole rings is 1. The molecule has 0 aliphatic carbocycles. The number of hydrogen-bond donors (Lipinski definition) is 2. The zero-order valence-corrected chi connectivity index (χ0v) is 12.3. The number of carbonyl (C=O) groups is 1. The second-order valence-corrected chi connectivity index (χ2v) is 5.97. The van der Waals surface area contributed by atoms with Crippen molar-refractivity contribution in [3.8, 4) is 0 Å². The van der Waals surface area contributed by atoms with Crippen LogP contribution in [0.1, 0.15) is 36.9 Å². The second kappa shape index (κ2) is 6.98. The smallest absolute Gasteiger partial charge is 0.222 e. The molecule has 1 aromatic rings. The molecule has 0 saturated carbocycles. The molecule has 106 valence electrons. The maximum atomic E-state index is 11.8. The predicted octanol–water partition coefficient (Wildman–Crippen LogP) is 1.26. The van der Waals surface area contributed by atoms with Crippen LogP contribution >= 0.6 is 11.3 Å². The van der Waals surface area contributed by atoms with E-state index < -0.39 is 0 Å². The minimum Gasteiger partial charge on any atom is -0.378 e. The number of morpholine rings is 1. The van der Waals surface area contributed by atoms with Gasteiger partial charge in [0, 0.05) is 24.4 Å². The maximum absolute atomic E-state index is 11.8. The van der Waals surface area contributed by atoms with Crippen molar-refractivity contribution in [2.75, 3.05) is 19.8 Å². The number of hydrogen-bond acceptors (Lipinski definition) is 5. The molecule has 2 N–H and O–H groups in total. The van der Waals surface area contributed by atoms with Crippen molar-refractivity contribution in [3.63, 3.8) is 0 Å². The number of carbonyl (C=O) groups excluding carboxylic acids is 1. The molecular weight excluding hydrogens is 262 g/mol. The van der Waals surface area contributed by atoms with Gasteiger partial charge >= 0.3 is 0 Å². The van der Waals surface area contributed by atoms with E-state index >= 15 is 0 Å². The van der Waals surface area contributed by atoms with Crippen LogP contribution in [0.25, 0.3) is 0 Å². The number of nitrogens with zero attached hydrogens (tertiary/aromatic N) is 1. The number of nitrogens with one attached hydrogen (secondary N) is 2. The molecule has 1 saturated heterocycles. The lowest BCUT2D eigenvalue weighted by atomic mass is 10.2. The summed E-state index contributed by atoms with van der Waals surface area (Å²) in [5.41, 5.74) is 1.09. The molecule has 2 heterocycles. The molecule has 1 aliphatic rings. The van der Waals surface area contributed by atoms with E-state index in [4.69, 9.17) is 4.74 Å². The molecule has 1 fully saturated rings. The highest BCUT2D eigenvalue weighted by Crippen LogP contribution is 2.17. The zero-order chi connectivity index (χ0) is 13.7. The SMILES string of the molecule is CC(C)c1csc(CNC(=O)CC2COCCN2)n1. The molecule has 5 nitrogen and oxygen atoms in total. The monoisotopic (exact) mass is 283 g/mol. The summed E-state index contributed by atoms with van der Waals surface area (Å²) in [5, 5.41) is 9.20. The molecule has 0 radical (unpaired) electrons. The first-order valence-corrected chi connectivity index (χ1v) is 7.55. The average molecular weight is 283 g/mol. The number of amides is 1. The van der Waals surface area contributed by atoms with Crippen LogP contribution in [-0.2, 0) is 16.1 Å². The predicted molar refractivity (Wildman–Crippen MR) is 75.3 cm³/mol. The molecule has 1 aliphatic heterocycles. The van der Waals surface area contributed by atoms with Gasteiger partial charge in [0.2, 0.25) is 5.91 Å². The van der Waals surface area contributed by atoms with E-state index in [2.05, 4.69) is 34.8 Å². The summed E-state index contributed by atoms with van der Waals surface area (Å²) in [7, 11) is 0. The van der Waals surface area contributed by atoms with Crippen molar-refractivity contribution in [3.05, 3.63) is 16.1 Å². The first-order valence-electron chi connectivity index (χ1n) is 6.67. The van der Waals surface area contributed by atoms with E-state index in [1.807, 2.05) is 0 Å². The number of aromatic nitrogens is 1. The molecule has 1 unspecified atom stereocenters. The lowest BCUT2D eigenvalue weighted by Crippen LogP contribution is -2.44. The summed E-state index contributed by atoms with van der Waals surface area (Å²) < 4.78 is 5.32. The largest absolute Gasteiger partial charge is 0.378 e. The van der Waals surface area contributed by atoms with Crippen LogP contribution in [0.5, 0.6) is 0 Å². The van der Waals surface area contributed by atoms with Crippen LogP contribution in [-0.4, -0.2) is 36.7 Å². The fourth-order valence-corrected chi connectivity index (χ4v) is 2.79. The number of ether oxygens (including phenoxy) is 1. The molecule has 0 spiro atoms. The quantitative estimate of drug-likeness (QED) is 0.854. The van der Waals surface area contributed by atoms with Gasteiger partial charge in [0.05, 0.1) is 25.5 Å². The van der Waals surface area contributed by atoms with Gasteiger partial charge in [-0.1, -0.05) is 13.8 Å². The summed E-state index contributed by atoms with van der Waals surface area (Å²) in [6.45, 7) is 6.92. The van der Waals surface area contributed by atoms with E-state index in [-0.39, 0.29) is 11.9 Å². The highest BCUT2D eigenvalue weighted by molar-refractivity contribution is 7.09. The van der Waals surface area contributed by atoms with Gasteiger partial charge in [-0.25, -0.2) is 4.98 Å². The van der Waals surface area contributed by atoms with E-state index in [0.717, 1.165) is 23.9 Å². The van der Waals surface area contributed by atoms with Crippen molar-refractivity contribution in [1.82, 2.24) is 15.6 Å². The highest BCUT2D eigenvalue weighted by atomic mass is 32.1. The van der Waals surface area contributed by atoms with Crippen LogP contribution < -0.4 is 10.6 Å². The van der Waals surface area contributed by atoms with Gasteiger partial charge in [0.25, 0.3) is 0 Å². The van der Waals surface area contributed by atoms with Crippen molar-refractivity contribution in [2.24, 2.45) is 0 Å². The van der Waals surface area contributed by atoms with Gasteiger partial charge in [-0.3, -0.25) is 4.79 Å². The van der Waals surface area contributed by atoms with Crippen molar-refractivity contribution in [2.45, 2.75) is 38.8 Å². The first kappa shape index (κ1) is 14.4. The molecular formula is C13H21N3O2S. The highest BCUT2D eigenvalue weighted by Gasteiger charge is 2.16. The van der Waals surface area contributed by atoms with Gasteiger partial charge in [-0.05, 0) is 5.92 Å². The van der Waals surface area contributed by atoms with Crippen LogP contribution in [0.2, 0.25) is 0 Å². The third-order valence-electron chi connectivity index (χ3n) is 3.03. The third-order valence-corrected chi connectivity index (χ3v) is 3.90. The molecule has 6 heteroatoms. The summed E-state index contributed by atoms with van der Waals surface area (Å²) in [4.78, 5) is 16.3. The van der Waals surface area contributed by atoms with Crippen molar-refractivity contribution in [1.29, 1.82) is 0 Å². The summed E-state index contributed by atoms with van der Waals surface area (Å²) in [5.74, 6) is 0.480. The molecule has 1 amide bonds. The standard InChI is InChI=1S/C13H21N3O2S/c1-9(2)11-8-19-13(16-11)6-15-12(17)5-10-7-18-4-3-14-10/h8-10,14H,3-7H2,1-2H3,(H,15,17). The topological polar surface area (TPSA) is 63.2 Å².